The zero-order valence-corrected chi connectivity index (χ0v) is 38.6. The molecule has 2 N–H and O–H groups in total. The molecule has 6 rings (SSSR count). The molecule has 0 saturated carbocycles. The van der Waals surface area contributed by atoms with Crippen LogP contribution < -0.4 is 69.3 Å². The van der Waals surface area contributed by atoms with E-state index < -0.39 is 53.5 Å². The van der Waals surface area contributed by atoms with Crippen molar-refractivity contribution in [3.05, 3.63) is 118 Å². The molecule has 0 bridgehead atoms. The first-order chi connectivity index (χ1) is 25.4. The van der Waals surface area contributed by atoms with Gasteiger partial charge < -0.3 is 39.1 Å². The Balaban J connectivity index is 0.000000374. The Labute approximate surface area is 407 Å². The standard InChI is InChI=1S/2C17H11ClN2O6S.Ca.2Na/c2*18-13-6-5-9(7-12(13)17(22)23)19-20-16-11-4-2-1-3-10(11)15(8-14(16)21)27(24,25)26;;;/h2*1-8,21H,(H,22,23)(H,24,25,26);;;/q;;+2;2*+1/p-4. The molecule has 0 amide bonds. The molecule has 0 spiro atoms. The van der Waals surface area contributed by atoms with Crippen molar-refractivity contribution in [2.75, 3.05) is 0 Å². The van der Waals surface area contributed by atoms with Crippen molar-refractivity contribution in [1.82, 2.24) is 0 Å². The summed E-state index contributed by atoms with van der Waals surface area (Å²) in [4.78, 5) is 20.9. The molecule has 0 aliphatic heterocycles. The number of rotatable bonds is 8. The maximum atomic E-state index is 11.4. The Hall–Kier alpha value is -2.76. The molecule has 0 fully saturated rings. The number of azo groups is 2. The number of carboxylic acid groups (broad SMARTS) is 2. The summed E-state index contributed by atoms with van der Waals surface area (Å²) in [6, 6.07) is 21.2. The van der Waals surface area contributed by atoms with Crippen LogP contribution in [-0.4, -0.2) is 85.8 Å². The van der Waals surface area contributed by atoms with E-state index >= 15 is 0 Å². The van der Waals surface area contributed by atoms with E-state index in [1.165, 1.54) is 60.7 Å². The molecule has 0 aliphatic rings. The van der Waals surface area contributed by atoms with Crippen molar-refractivity contribution >= 4 is 137 Å². The maximum absolute atomic E-state index is 11.4. The molecule has 0 radical (unpaired) electrons. The Kier molecular flexibility index (Phi) is 18.5. The SMILES string of the molecule is O=C([O-])c1cc(N=Nc2c(O)cc(S(=O)(=O)[O-])c3ccccc23)ccc1Cl.O=C([O-])c1cc(N=Nc2c(O)cc(S(=O)(=O)[O-])c3ccccc23)ccc1Cl.[Ca+2].[Na+].[Na+]. The molecule has 0 aromatic heterocycles. The Morgan fingerprint density at radius 2 is 0.842 bits per heavy atom. The van der Waals surface area contributed by atoms with Gasteiger partial charge in [-0.2, -0.15) is 10.2 Å². The molecule has 23 heteroatoms. The number of benzene rings is 6. The van der Waals surface area contributed by atoms with E-state index in [0.717, 1.165) is 24.3 Å². The van der Waals surface area contributed by atoms with Crippen LogP contribution in [0.25, 0.3) is 21.5 Å². The van der Waals surface area contributed by atoms with E-state index in [1.807, 2.05) is 0 Å². The van der Waals surface area contributed by atoms with Crippen LogP contribution in [0.2, 0.25) is 10.0 Å². The summed E-state index contributed by atoms with van der Waals surface area (Å²) in [5.41, 5.74) is -0.499. The number of aromatic carboxylic acids is 2. The molecule has 6 aromatic rings. The van der Waals surface area contributed by atoms with Crippen LogP contribution >= 0.6 is 23.2 Å². The molecule has 0 saturated heterocycles. The van der Waals surface area contributed by atoms with E-state index in [9.17, 15) is 56.0 Å². The van der Waals surface area contributed by atoms with Gasteiger partial charge in [0.2, 0.25) is 0 Å². The fraction of sp³-hybridized carbons (Fsp3) is 0. The van der Waals surface area contributed by atoms with Crippen molar-refractivity contribution in [2.45, 2.75) is 9.79 Å². The number of halogens is 2. The molecular weight excluding hydrogens is 877 g/mol. The maximum Gasteiger partial charge on any atom is 2.00 e. The largest absolute Gasteiger partial charge is 2.00 e. The summed E-state index contributed by atoms with van der Waals surface area (Å²) < 4.78 is 68.6. The molecule has 0 atom stereocenters. The van der Waals surface area contributed by atoms with E-state index in [-0.39, 0.29) is 162 Å². The average Bonchev–Trinajstić information content (AvgIpc) is 3.10. The zero-order valence-electron chi connectivity index (χ0n) is 29.3. The van der Waals surface area contributed by atoms with E-state index in [0.29, 0.717) is 0 Å². The van der Waals surface area contributed by atoms with Crippen molar-refractivity contribution in [1.29, 1.82) is 0 Å². The molecule has 6 aromatic carbocycles. The summed E-state index contributed by atoms with van der Waals surface area (Å²) in [6.45, 7) is 0. The second-order valence-electron chi connectivity index (χ2n) is 10.8. The monoisotopic (exact) mass is 894 g/mol. The van der Waals surface area contributed by atoms with Crippen molar-refractivity contribution in [3.63, 3.8) is 0 Å². The van der Waals surface area contributed by atoms with Crippen LogP contribution in [0.1, 0.15) is 20.7 Å². The van der Waals surface area contributed by atoms with Crippen LogP contribution in [0.5, 0.6) is 11.5 Å². The summed E-state index contributed by atoms with van der Waals surface area (Å²) in [7, 11) is -9.65. The second kappa shape index (κ2) is 21.0. The first-order valence-electron chi connectivity index (χ1n) is 14.6. The third-order valence-electron chi connectivity index (χ3n) is 7.33. The predicted octanol–water partition coefficient (Wildman–Crippen LogP) is -0.609. The molecule has 0 unspecified atom stereocenters. The smallest absolute Gasteiger partial charge is 0.744 e. The first kappa shape index (κ1) is 50.4. The van der Waals surface area contributed by atoms with E-state index in [1.54, 1.807) is 12.1 Å². The predicted molar refractivity (Wildman–Crippen MR) is 193 cm³/mol. The van der Waals surface area contributed by atoms with Gasteiger partial charge in [-0.3, -0.25) is 0 Å². The summed E-state index contributed by atoms with van der Waals surface area (Å²) in [5.74, 6) is -4.12. The molecule has 0 aliphatic carbocycles. The molecule has 57 heavy (non-hydrogen) atoms. The zero-order chi connectivity index (χ0) is 39.5. The van der Waals surface area contributed by atoms with Gasteiger partial charge in [0.15, 0.2) is 0 Å². The van der Waals surface area contributed by atoms with E-state index in [2.05, 4.69) is 20.5 Å². The van der Waals surface area contributed by atoms with Crippen LogP contribution in [0.15, 0.2) is 127 Å². The van der Waals surface area contributed by atoms with Crippen molar-refractivity contribution < 1.29 is 115 Å². The summed E-state index contributed by atoms with van der Waals surface area (Å²) in [6.07, 6.45) is 0. The van der Waals surface area contributed by atoms with Gasteiger partial charge in [0.05, 0.1) is 33.1 Å². The number of hydrogen-bond acceptors (Lipinski definition) is 16. The third-order valence-corrected chi connectivity index (χ3v) is 9.74. The number of nitrogens with zero attached hydrogens (tertiary/aromatic N) is 4. The number of aromatic hydroxyl groups is 2. The van der Waals surface area contributed by atoms with Crippen LogP contribution in [0, 0.1) is 0 Å². The van der Waals surface area contributed by atoms with Gasteiger partial charge in [-0.1, -0.05) is 71.7 Å². The molecule has 16 nitrogen and oxygen atoms in total. The number of hydrogen-bond donors (Lipinski definition) is 2. The normalized spacial score (nSPS) is 11.3. The van der Waals surface area contributed by atoms with Crippen molar-refractivity contribution in [3.8, 4) is 11.5 Å². The van der Waals surface area contributed by atoms with Gasteiger partial charge in [-0.15, -0.1) is 10.2 Å². The summed E-state index contributed by atoms with van der Waals surface area (Å²) >= 11 is 11.5. The number of carbonyl (C=O) groups excluding carboxylic acids is 2. The van der Waals surface area contributed by atoms with Gasteiger partial charge in [-0.25, -0.2) is 16.8 Å². The van der Waals surface area contributed by atoms with Crippen molar-refractivity contribution in [2.24, 2.45) is 20.5 Å². The van der Waals surface area contributed by atoms with E-state index in [4.69, 9.17) is 23.2 Å². The molecule has 0 heterocycles. The minimum absolute atomic E-state index is 0. The van der Waals surface area contributed by atoms with Gasteiger partial charge in [0.25, 0.3) is 0 Å². The van der Waals surface area contributed by atoms with Gasteiger partial charge >= 0.3 is 96.9 Å². The number of carbonyl (C=O) groups is 2. The fourth-order valence-electron chi connectivity index (χ4n) is 4.93. The van der Waals surface area contributed by atoms with Crippen LogP contribution in [0.3, 0.4) is 0 Å². The number of phenols is 2. The number of fused-ring (bicyclic) bond motifs is 2. The minimum Gasteiger partial charge on any atom is -0.744 e. The Bertz CT molecular complexity index is 2630. The van der Waals surface area contributed by atoms with Gasteiger partial charge in [0.1, 0.15) is 43.1 Å². The second-order valence-corrected chi connectivity index (χ2v) is 14.3. The minimum atomic E-state index is -4.82. The van der Waals surface area contributed by atoms with Gasteiger partial charge in [-0.05, 0) is 36.4 Å². The first-order valence-corrected chi connectivity index (χ1v) is 18.2. The third kappa shape index (κ3) is 12.2. The number of phenolic OH excluding ortho intramolecular Hbond substituents is 2. The average molecular weight is 896 g/mol. The topological polar surface area (TPSA) is 285 Å². The molecule has 276 valence electrons. The fourth-order valence-corrected chi connectivity index (χ4v) is 6.72. The van der Waals surface area contributed by atoms with Gasteiger partial charge in [0, 0.05) is 54.8 Å². The quantitative estimate of drug-likeness (QED) is 0.110. The Morgan fingerprint density at radius 1 is 0.526 bits per heavy atom. The van der Waals surface area contributed by atoms with Crippen LogP contribution in [-0.2, 0) is 20.2 Å². The van der Waals surface area contributed by atoms with Crippen LogP contribution in [0.4, 0.5) is 22.7 Å². The Morgan fingerprint density at radius 3 is 1.14 bits per heavy atom. The molecular formula is C34H18CaCl2N4Na2O12S2. The number of carboxylic acids is 2. The summed E-state index contributed by atoms with van der Waals surface area (Å²) in [5, 5.41) is 58.2.